The predicted molar refractivity (Wildman–Crippen MR) is 179 cm³/mol. The first kappa shape index (κ1) is 38.3. The molecule has 0 spiro atoms. The summed E-state index contributed by atoms with van der Waals surface area (Å²) in [6.45, 7) is 27.5. The van der Waals surface area contributed by atoms with Gasteiger partial charge >= 0.3 is 0 Å². The minimum absolute atomic E-state index is 0.0414. The summed E-state index contributed by atoms with van der Waals surface area (Å²) in [5.41, 5.74) is -1.99. The van der Waals surface area contributed by atoms with Crippen LogP contribution < -0.4 is 5.32 Å². The second-order valence-corrected chi connectivity index (χ2v) is 16.1. The smallest absolute Gasteiger partial charge is 0.221 e. The first-order valence-corrected chi connectivity index (χ1v) is 16.3. The quantitative estimate of drug-likeness (QED) is 0.192. The third-order valence-corrected chi connectivity index (χ3v) is 8.49. The molecule has 0 radical (unpaired) electrons. The maximum absolute atomic E-state index is 10.3. The summed E-state index contributed by atoms with van der Waals surface area (Å²) in [4.78, 5) is 21.4. The van der Waals surface area contributed by atoms with Crippen LogP contribution in [0.5, 0.6) is 0 Å². The van der Waals surface area contributed by atoms with Crippen LogP contribution in [0.1, 0.15) is 115 Å². The fourth-order valence-corrected chi connectivity index (χ4v) is 6.72. The Morgan fingerprint density at radius 3 is 1.93 bits per heavy atom. The van der Waals surface area contributed by atoms with Gasteiger partial charge in [0.05, 0.1) is 23.3 Å². The summed E-state index contributed by atoms with van der Waals surface area (Å²) in [6, 6.07) is 0.194. The van der Waals surface area contributed by atoms with E-state index in [4.69, 9.17) is 14.7 Å². The summed E-state index contributed by atoms with van der Waals surface area (Å²) in [6.07, 6.45) is 5.02. The van der Waals surface area contributed by atoms with Gasteiger partial charge in [-0.15, -0.1) is 0 Å². The van der Waals surface area contributed by atoms with Crippen molar-refractivity contribution in [2.75, 3.05) is 33.9 Å². The van der Waals surface area contributed by atoms with Crippen LogP contribution in [0.4, 0.5) is 0 Å². The standard InChI is InChI=1S/C33H65N7O4/c1-15-16-17-38(25-18-24(2)39(29(3,4)19-25)43-22-32(9,10)41)27(34)36-28(35-13)37(14)26-20-30(5,6)40(31(7,8)21-26)44-23-33(11,12)42/h25-26,41-42H,2,15-23H2,1,3-14H3,(H2,34,35,36). The molecule has 2 heterocycles. The molecule has 256 valence electrons. The number of hydrogen-bond donors (Lipinski definition) is 4. The van der Waals surface area contributed by atoms with Gasteiger partial charge in [0.15, 0.2) is 0 Å². The highest BCUT2D eigenvalue weighted by Gasteiger charge is 2.48. The fraction of sp³-hybridized carbons (Fsp3) is 0.879. The molecule has 4 N–H and O–H groups in total. The van der Waals surface area contributed by atoms with Crippen molar-refractivity contribution in [1.82, 2.24) is 25.2 Å². The Morgan fingerprint density at radius 2 is 1.48 bits per heavy atom. The van der Waals surface area contributed by atoms with Crippen molar-refractivity contribution in [3.8, 4) is 0 Å². The summed E-state index contributed by atoms with van der Waals surface area (Å²) >= 11 is 0. The van der Waals surface area contributed by atoms with Gasteiger partial charge in [0.1, 0.15) is 6.61 Å². The van der Waals surface area contributed by atoms with Crippen LogP contribution in [0.3, 0.4) is 0 Å². The molecule has 1 atom stereocenters. The van der Waals surface area contributed by atoms with Crippen molar-refractivity contribution in [3.63, 3.8) is 0 Å². The van der Waals surface area contributed by atoms with Gasteiger partial charge in [-0.1, -0.05) is 19.9 Å². The number of aliphatic hydroxyl groups is 2. The number of nitrogens with one attached hydrogen (secondary N) is 2. The van der Waals surface area contributed by atoms with E-state index in [1.165, 1.54) is 0 Å². The van der Waals surface area contributed by atoms with E-state index in [9.17, 15) is 15.6 Å². The number of hydrogen-bond acceptors (Lipinski definition) is 7. The molecule has 0 aromatic heterocycles. The van der Waals surface area contributed by atoms with Crippen molar-refractivity contribution >= 4 is 11.9 Å². The predicted octanol–water partition coefficient (Wildman–Crippen LogP) is 4.71. The molecule has 0 saturated carbocycles. The number of rotatable bonds is 11. The summed E-state index contributed by atoms with van der Waals surface area (Å²) in [5, 5.41) is 36.9. The molecule has 2 rings (SSSR count). The Hall–Kier alpha value is -1.92. The van der Waals surface area contributed by atoms with Gasteiger partial charge in [0, 0.05) is 55.9 Å². The first-order chi connectivity index (χ1) is 19.9. The monoisotopic (exact) mass is 624 g/mol. The normalized spacial score (nSPS) is 23.1. The zero-order valence-electron chi connectivity index (χ0n) is 30.2. The van der Waals surface area contributed by atoms with E-state index < -0.39 is 11.2 Å². The maximum Gasteiger partial charge on any atom is 0.221 e. The SMILES string of the molecule is C=C1CC(N(CCCC)C(=N)/N=C(\NC)N(C)C2CC(C)(C)N(OCC(C)(C)O)C(C)(C)C2)CC(C)(C)N1OCC(C)(C)O. The molecule has 0 aromatic carbocycles. The molecule has 2 fully saturated rings. The summed E-state index contributed by atoms with van der Waals surface area (Å²) in [5.74, 6) is 0.890. The lowest BCUT2D eigenvalue weighted by molar-refractivity contribution is -0.301. The average molecular weight is 624 g/mol. The second-order valence-electron chi connectivity index (χ2n) is 16.1. The van der Waals surface area contributed by atoms with E-state index in [-0.39, 0.29) is 47.9 Å². The van der Waals surface area contributed by atoms with Crippen molar-refractivity contribution in [2.45, 2.75) is 155 Å². The second kappa shape index (κ2) is 14.2. The topological polar surface area (TPSA) is 120 Å². The summed E-state index contributed by atoms with van der Waals surface area (Å²) in [7, 11) is 3.91. The van der Waals surface area contributed by atoms with Gasteiger partial charge in [-0.05, 0) is 94.9 Å². The van der Waals surface area contributed by atoms with Crippen LogP contribution in [0.25, 0.3) is 0 Å². The lowest BCUT2D eigenvalue weighted by Crippen LogP contribution is -2.65. The zero-order chi connectivity index (χ0) is 33.9. The van der Waals surface area contributed by atoms with Crippen LogP contribution in [0.15, 0.2) is 17.3 Å². The summed E-state index contributed by atoms with van der Waals surface area (Å²) < 4.78 is 0. The molecule has 2 saturated heterocycles. The Labute approximate surface area is 268 Å². The molecular weight excluding hydrogens is 558 g/mol. The van der Waals surface area contributed by atoms with Crippen molar-refractivity contribution in [1.29, 1.82) is 5.41 Å². The molecule has 0 amide bonds. The van der Waals surface area contributed by atoms with E-state index in [0.717, 1.165) is 44.3 Å². The van der Waals surface area contributed by atoms with Crippen molar-refractivity contribution in [3.05, 3.63) is 12.3 Å². The number of guanidine groups is 2. The highest BCUT2D eigenvalue weighted by atomic mass is 16.7. The lowest BCUT2D eigenvalue weighted by Gasteiger charge is -2.55. The fourth-order valence-electron chi connectivity index (χ4n) is 6.72. The van der Waals surface area contributed by atoms with E-state index in [1.54, 1.807) is 27.7 Å². The maximum atomic E-state index is 10.3. The van der Waals surface area contributed by atoms with Crippen LogP contribution >= 0.6 is 0 Å². The molecule has 0 aliphatic carbocycles. The van der Waals surface area contributed by atoms with Crippen LogP contribution in [0.2, 0.25) is 0 Å². The Bertz CT molecular complexity index is 995. The highest BCUT2D eigenvalue weighted by Crippen LogP contribution is 2.41. The number of unbranched alkanes of at least 4 members (excludes halogenated alkanes) is 1. The van der Waals surface area contributed by atoms with E-state index in [0.29, 0.717) is 12.4 Å². The minimum Gasteiger partial charge on any atom is -0.388 e. The van der Waals surface area contributed by atoms with Crippen molar-refractivity contribution < 1.29 is 19.9 Å². The van der Waals surface area contributed by atoms with Gasteiger partial charge in [-0.3, -0.25) is 20.1 Å². The Morgan fingerprint density at radius 1 is 0.977 bits per heavy atom. The Kier molecular flexibility index (Phi) is 12.4. The molecule has 11 heteroatoms. The van der Waals surface area contributed by atoms with Gasteiger partial charge < -0.3 is 25.3 Å². The van der Waals surface area contributed by atoms with E-state index in [2.05, 4.69) is 75.2 Å². The molecule has 1 unspecified atom stereocenters. The van der Waals surface area contributed by atoms with E-state index >= 15 is 0 Å². The van der Waals surface area contributed by atoms with Gasteiger partial charge in [0.25, 0.3) is 0 Å². The number of hydroxylamine groups is 4. The van der Waals surface area contributed by atoms with Crippen LogP contribution in [-0.2, 0) is 9.68 Å². The third kappa shape index (κ3) is 10.3. The zero-order valence-corrected chi connectivity index (χ0v) is 30.2. The number of aliphatic imine (C=N–C) groups is 1. The third-order valence-electron chi connectivity index (χ3n) is 8.49. The number of piperidine rings is 2. The van der Waals surface area contributed by atoms with Gasteiger partial charge in [-0.2, -0.15) is 10.1 Å². The molecule has 11 nitrogen and oxygen atoms in total. The Balaban J connectivity index is 2.28. The van der Waals surface area contributed by atoms with E-state index in [1.807, 2.05) is 19.2 Å². The molecule has 0 aromatic rings. The van der Waals surface area contributed by atoms with Crippen molar-refractivity contribution in [2.24, 2.45) is 4.99 Å². The number of nitrogens with zero attached hydrogens (tertiary/aromatic N) is 5. The highest BCUT2D eigenvalue weighted by molar-refractivity contribution is 5.93. The minimum atomic E-state index is -0.947. The molecular formula is C33H65N7O4. The van der Waals surface area contributed by atoms with Gasteiger partial charge in [0.2, 0.25) is 11.9 Å². The van der Waals surface area contributed by atoms with Gasteiger partial charge in [-0.25, -0.2) is 0 Å². The lowest BCUT2D eigenvalue weighted by atomic mass is 9.78. The molecule has 2 aliphatic rings. The molecule has 0 bridgehead atoms. The van der Waals surface area contributed by atoms with Crippen LogP contribution in [0, 0.1) is 5.41 Å². The largest absolute Gasteiger partial charge is 0.388 e. The van der Waals surface area contributed by atoms with Crippen LogP contribution in [-0.4, -0.2) is 116 Å². The molecule has 44 heavy (non-hydrogen) atoms. The first-order valence-electron chi connectivity index (χ1n) is 16.3. The average Bonchev–Trinajstić information content (AvgIpc) is 2.83. The molecule has 2 aliphatic heterocycles.